The smallest absolute Gasteiger partial charge is 0.255 e. The van der Waals surface area contributed by atoms with Crippen LogP contribution in [0.15, 0.2) is 28.9 Å². The largest absolute Gasteiger partial charge is 0.327 e. The first-order chi connectivity index (χ1) is 11.7. The summed E-state index contributed by atoms with van der Waals surface area (Å²) >= 11 is 0. The van der Waals surface area contributed by atoms with Crippen LogP contribution < -0.4 is 0 Å². The fourth-order valence-electron chi connectivity index (χ4n) is 3.16. The van der Waals surface area contributed by atoms with Gasteiger partial charge in [-0.1, -0.05) is 13.0 Å². The van der Waals surface area contributed by atoms with Crippen molar-refractivity contribution in [3.05, 3.63) is 40.7 Å². The van der Waals surface area contributed by atoms with Crippen molar-refractivity contribution in [1.29, 1.82) is 0 Å². The second-order valence-electron chi connectivity index (χ2n) is 6.42. The van der Waals surface area contributed by atoms with E-state index in [-0.39, 0.29) is 11.9 Å². The average Bonchev–Trinajstić information content (AvgIpc) is 2.89. The van der Waals surface area contributed by atoms with Gasteiger partial charge in [-0.3, -0.25) is 19.6 Å². The number of carbonyl (C=O) groups is 2. The van der Waals surface area contributed by atoms with Gasteiger partial charge in [0.15, 0.2) is 6.29 Å². The highest BCUT2D eigenvalue weighted by atomic mass is 16.2. The number of aliphatic imine (C=N–C) groups is 1. The number of amides is 1. The Morgan fingerprint density at radius 1 is 1.50 bits per heavy atom. The zero-order chi connectivity index (χ0) is 17.1. The molecule has 1 aromatic rings. The summed E-state index contributed by atoms with van der Waals surface area (Å²) in [5.41, 5.74) is 2.74. The van der Waals surface area contributed by atoms with Crippen molar-refractivity contribution in [2.24, 2.45) is 4.99 Å². The Kier molecular flexibility index (Phi) is 4.88. The third-order valence-corrected chi connectivity index (χ3v) is 4.92. The summed E-state index contributed by atoms with van der Waals surface area (Å²) in [6, 6.07) is 2.06. The number of fused-ring (bicyclic) bond motifs is 1. The van der Waals surface area contributed by atoms with Gasteiger partial charge in [0.1, 0.15) is 5.69 Å². The number of rotatable bonds is 6. The maximum absolute atomic E-state index is 12.7. The van der Waals surface area contributed by atoms with Crippen molar-refractivity contribution in [3.8, 4) is 0 Å². The van der Waals surface area contributed by atoms with Gasteiger partial charge in [0.25, 0.3) is 5.91 Å². The summed E-state index contributed by atoms with van der Waals surface area (Å²) in [7, 11) is 0. The van der Waals surface area contributed by atoms with Crippen molar-refractivity contribution >= 4 is 18.4 Å². The predicted octanol–water partition coefficient (Wildman–Crippen LogP) is 3.20. The molecular weight excluding hydrogens is 302 g/mol. The van der Waals surface area contributed by atoms with E-state index in [0.717, 1.165) is 36.7 Å². The van der Waals surface area contributed by atoms with Crippen LogP contribution in [-0.2, 0) is 6.54 Å². The molecule has 5 heteroatoms. The van der Waals surface area contributed by atoms with Gasteiger partial charge >= 0.3 is 0 Å². The molecule has 1 atom stereocenters. The molecule has 1 aromatic heterocycles. The summed E-state index contributed by atoms with van der Waals surface area (Å²) in [5.74, 6) is -0.0398. The molecule has 0 radical (unpaired) electrons. The Morgan fingerprint density at radius 2 is 2.29 bits per heavy atom. The molecule has 1 aliphatic heterocycles. The third kappa shape index (κ3) is 3.03. The number of pyridine rings is 1. The third-order valence-electron chi connectivity index (χ3n) is 4.92. The number of hydrogen-bond donors (Lipinski definition) is 0. The molecule has 1 aliphatic carbocycles. The van der Waals surface area contributed by atoms with Crippen molar-refractivity contribution in [3.63, 3.8) is 0 Å². The van der Waals surface area contributed by atoms with E-state index in [4.69, 9.17) is 0 Å². The minimum absolute atomic E-state index is 0.0398. The topological polar surface area (TPSA) is 62.6 Å². The van der Waals surface area contributed by atoms with E-state index < -0.39 is 0 Å². The first-order valence-electron chi connectivity index (χ1n) is 8.63. The lowest BCUT2D eigenvalue weighted by Gasteiger charge is -2.26. The summed E-state index contributed by atoms with van der Waals surface area (Å²) in [6.07, 6.45) is 10.8. The average molecular weight is 325 g/mol. The van der Waals surface area contributed by atoms with Gasteiger partial charge in [-0.15, -0.1) is 0 Å². The van der Waals surface area contributed by atoms with Gasteiger partial charge in [-0.2, -0.15) is 0 Å². The molecule has 24 heavy (non-hydrogen) atoms. The quantitative estimate of drug-likeness (QED) is 0.596. The summed E-state index contributed by atoms with van der Waals surface area (Å²) in [5, 5.41) is 0. The Bertz CT molecular complexity index is 705. The Labute approximate surface area is 142 Å². The number of hydrogen-bond acceptors (Lipinski definition) is 4. The van der Waals surface area contributed by atoms with Crippen molar-refractivity contribution in [2.45, 2.75) is 58.2 Å². The zero-order valence-corrected chi connectivity index (χ0v) is 14.2. The second-order valence-corrected chi connectivity index (χ2v) is 6.42. The van der Waals surface area contributed by atoms with Crippen LogP contribution in [-0.4, -0.2) is 40.4 Å². The van der Waals surface area contributed by atoms with Gasteiger partial charge in [-0.25, -0.2) is 0 Å². The standard InChI is InChI=1S/C19H23N3O2/c1-3-5-14(10-21-15-6-4-7-15)13(2)22-11-17-16(19(22)24)8-9-20-18(17)12-23/h5,8-10,12-13,15H,3-4,6-7,11H2,1-2H3/b14-5+,21-10-. The first kappa shape index (κ1) is 16.6. The van der Waals surface area contributed by atoms with Crippen LogP contribution in [0.4, 0.5) is 0 Å². The van der Waals surface area contributed by atoms with E-state index >= 15 is 0 Å². The molecule has 0 aromatic carbocycles. The number of nitrogens with zero attached hydrogens (tertiary/aromatic N) is 3. The maximum Gasteiger partial charge on any atom is 0.255 e. The monoisotopic (exact) mass is 325 g/mol. The molecule has 0 saturated heterocycles. The molecule has 0 bridgehead atoms. The van der Waals surface area contributed by atoms with Crippen molar-refractivity contribution < 1.29 is 9.59 Å². The van der Waals surface area contributed by atoms with E-state index in [1.807, 2.05) is 13.1 Å². The lowest BCUT2D eigenvalue weighted by Crippen LogP contribution is -2.35. The molecule has 0 N–H and O–H groups in total. The summed E-state index contributed by atoms with van der Waals surface area (Å²) < 4.78 is 0. The second kappa shape index (κ2) is 7.07. The fourth-order valence-corrected chi connectivity index (χ4v) is 3.16. The molecular formula is C19H23N3O2. The van der Waals surface area contributed by atoms with Gasteiger partial charge in [0.05, 0.1) is 6.04 Å². The van der Waals surface area contributed by atoms with Gasteiger partial charge in [-0.05, 0) is 44.2 Å². The summed E-state index contributed by atoms with van der Waals surface area (Å²) in [4.78, 5) is 34.4. The molecule has 126 valence electrons. The van der Waals surface area contributed by atoms with Crippen molar-refractivity contribution in [2.75, 3.05) is 0 Å². The van der Waals surface area contributed by atoms with E-state index in [1.54, 1.807) is 11.0 Å². The van der Waals surface area contributed by atoms with Crippen LogP contribution in [0.2, 0.25) is 0 Å². The minimum atomic E-state index is -0.0758. The SMILES string of the molecule is CC/C=C(\C=N/C1CCC1)C(C)N1Cc2c(ccnc2C=O)C1=O. The maximum atomic E-state index is 12.7. The predicted molar refractivity (Wildman–Crippen MR) is 93.5 cm³/mol. The normalized spacial score (nSPS) is 19.5. The minimum Gasteiger partial charge on any atom is -0.327 e. The van der Waals surface area contributed by atoms with Crippen LogP contribution in [0.1, 0.15) is 65.9 Å². The van der Waals surface area contributed by atoms with Crippen molar-refractivity contribution in [1.82, 2.24) is 9.88 Å². The van der Waals surface area contributed by atoms with Gasteiger partial charge in [0, 0.05) is 36.1 Å². The highest BCUT2D eigenvalue weighted by Crippen LogP contribution is 2.28. The molecule has 1 amide bonds. The van der Waals surface area contributed by atoms with Crippen LogP contribution in [0.5, 0.6) is 0 Å². The van der Waals surface area contributed by atoms with Gasteiger partial charge in [0.2, 0.25) is 0 Å². The molecule has 0 spiro atoms. The summed E-state index contributed by atoms with van der Waals surface area (Å²) in [6.45, 7) is 4.53. The van der Waals surface area contributed by atoms with E-state index in [2.05, 4.69) is 23.0 Å². The van der Waals surface area contributed by atoms with Crippen LogP contribution in [0.25, 0.3) is 0 Å². The molecule has 1 fully saturated rings. The number of carbonyl (C=O) groups excluding carboxylic acids is 2. The Hall–Kier alpha value is -2.30. The lowest BCUT2D eigenvalue weighted by atomic mass is 9.94. The first-order valence-corrected chi connectivity index (χ1v) is 8.63. The highest BCUT2D eigenvalue weighted by molar-refractivity contribution is 6.01. The number of aromatic nitrogens is 1. The van der Waals surface area contributed by atoms with Crippen LogP contribution >= 0.6 is 0 Å². The van der Waals surface area contributed by atoms with E-state index in [1.165, 1.54) is 12.6 Å². The molecule has 2 aliphatic rings. The van der Waals surface area contributed by atoms with Gasteiger partial charge < -0.3 is 4.90 Å². The van der Waals surface area contributed by atoms with Crippen LogP contribution in [0.3, 0.4) is 0 Å². The molecule has 1 saturated carbocycles. The number of allylic oxidation sites excluding steroid dienone is 1. The molecule has 5 nitrogen and oxygen atoms in total. The highest BCUT2D eigenvalue weighted by Gasteiger charge is 2.33. The van der Waals surface area contributed by atoms with E-state index in [0.29, 0.717) is 23.8 Å². The van der Waals surface area contributed by atoms with Crippen LogP contribution in [0, 0.1) is 0 Å². The fraction of sp³-hybridized carbons (Fsp3) is 0.474. The molecule has 1 unspecified atom stereocenters. The zero-order valence-electron chi connectivity index (χ0n) is 14.2. The van der Waals surface area contributed by atoms with E-state index in [9.17, 15) is 9.59 Å². The lowest BCUT2D eigenvalue weighted by molar-refractivity contribution is 0.0744. The molecule has 3 rings (SSSR count). The molecule has 2 heterocycles. The Balaban J connectivity index is 1.82. The Morgan fingerprint density at radius 3 is 2.92 bits per heavy atom. The number of aldehydes is 1.